The van der Waals surface area contributed by atoms with Crippen molar-refractivity contribution in [3.63, 3.8) is 0 Å². The summed E-state index contributed by atoms with van der Waals surface area (Å²) >= 11 is 1.33. The topological polar surface area (TPSA) is 121 Å². The Bertz CT molecular complexity index is 1100. The second-order valence-corrected chi connectivity index (χ2v) is 7.29. The van der Waals surface area contributed by atoms with E-state index in [9.17, 15) is 24.6 Å². The van der Waals surface area contributed by atoms with Crippen LogP contribution in [0.5, 0.6) is 5.75 Å². The minimum Gasteiger partial charge on any atom is -1.00 e. The van der Waals surface area contributed by atoms with Crippen LogP contribution >= 0.6 is 11.3 Å². The van der Waals surface area contributed by atoms with Crippen molar-refractivity contribution in [3.8, 4) is 16.9 Å². The summed E-state index contributed by atoms with van der Waals surface area (Å²) in [6, 6.07) is 11.1. The molecule has 0 fully saturated rings. The van der Waals surface area contributed by atoms with Crippen molar-refractivity contribution in [2.24, 2.45) is 7.05 Å². The van der Waals surface area contributed by atoms with Crippen LogP contribution in [0.25, 0.3) is 11.1 Å². The van der Waals surface area contributed by atoms with E-state index in [4.69, 9.17) is 0 Å². The summed E-state index contributed by atoms with van der Waals surface area (Å²) in [5.41, 5.74) is 1.03. The fourth-order valence-corrected chi connectivity index (χ4v) is 3.73. The molecule has 0 aliphatic carbocycles. The number of carboxylic acids is 1. The molecule has 0 unspecified atom stereocenters. The molecule has 2 heterocycles. The number of thiophene rings is 1. The van der Waals surface area contributed by atoms with Gasteiger partial charge in [-0.3, -0.25) is 9.59 Å². The normalized spacial score (nSPS) is 11.2. The number of carboxylic acid groups (broad SMARTS) is 1. The number of aliphatic carboxylic acids is 1. The van der Waals surface area contributed by atoms with E-state index in [1.54, 1.807) is 0 Å². The van der Waals surface area contributed by atoms with Gasteiger partial charge in [0.25, 0.3) is 5.56 Å². The largest absolute Gasteiger partial charge is 1.00 e. The Morgan fingerprint density at radius 3 is 2.57 bits per heavy atom. The number of aryl methyl sites for hydroxylation is 1. The second kappa shape index (κ2) is 10.4. The average molecular weight is 437 g/mol. The molecule has 0 radical (unpaired) electrons. The molecule has 3 rings (SSSR count). The van der Waals surface area contributed by atoms with Gasteiger partial charge in [0.2, 0.25) is 0 Å². The van der Waals surface area contributed by atoms with Crippen molar-refractivity contribution >= 4 is 29.0 Å². The van der Waals surface area contributed by atoms with E-state index < -0.39 is 23.6 Å². The van der Waals surface area contributed by atoms with E-state index in [-0.39, 0.29) is 48.8 Å². The van der Waals surface area contributed by atoms with Crippen molar-refractivity contribution in [2.75, 3.05) is 5.32 Å². The minimum absolute atomic E-state index is 0. The Balaban J connectivity index is 0.00000240. The summed E-state index contributed by atoms with van der Waals surface area (Å²) in [6.07, 6.45) is 1.03. The summed E-state index contributed by atoms with van der Waals surface area (Å²) in [5.74, 6) is -1.45. The molecule has 1 atom stereocenters. The number of nitrogens with zero attached hydrogens (tertiary/aromatic N) is 1. The van der Waals surface area contributed by atoms with Gasteiger partial charge < -0.3 is 26.8 Å². The van der Waals surface area contributed by atoms with E-state index in [0.29, 0.717) is 4.88 Å². The molecule has 0 aliphatic rings. The van der Waals surface area contributed by atoms with E-state index in [0.717, 1.165) is 11.1 Å². The number of aromatic nitrogens is 1. The maximum absolute atomic E-state index is 12.4. The molecule has 0 bridgehead atoms. The van der Waals surface area contributed by atoms with Crippen LogP contribution < -0.4 is 45.8 Å². The first-order valence-electron chi connectivity index (χ1n) is 8.67. The third kappa shape index (κ3) is 5.73. The molecule has 10 heteroatoms. The van der Waals surface area contributed by atoms with Crippen LogP contribution in [-0.2, 0) is 11.8 Å². The monoisotopic (exact) mass is 437 g/mol. The molecule has 0 saturated carbocycles. The van der Waals surface area contributed by atoms with Gasteiger partial charge in [-0.25, -0.2) is 4.79 Å². The Morgan fingerprint density at radius 2 is 1.90 bits per heavy atom. The third-order valence-electron chi connectivity index (χ3n) is 4.24. The number of benzene rings is 1. The Morgan fingerprint density at radius 1 is 1.20 bits per heavy atom. The number of aromatic hydroxyl groups is 1. The fourth-order valence-electron chi connectivity index (χ4n) is 2.76. The summed E-state index contributed by atoms with van der Waals surface area (Å²) in [7, 11) is 1.48. The fraction of sp³-hybridized carbons (Fsp3) is 0.150. The number of carbonyl (C=O) groups is 2. The van der Waals surface area contributed by atoms with Crippen molar-refractivity contribution in [1.82, 2.24) is 9.88 Å². The molecule has 8 nitrogen and oxygen atoms in total. The van der Waals surface area contributed by atoms with Crippen LogP contribution in [0.1, 0.15) is 18.8 Å². The first kappa shape index (κ1) is 23.7. The molecule has 30 heavy (non-hydrogen) atoms. The van der Waals surface area contributed by atoms with Crippen LogP contribution in [0.3, 0.4) is 0 Å². The Hall–Kier alpha value is -2.59. The number of hydrogen-bond acceptors (Lipinski definition) is 5. The van der Waals surface area contributed by atoms with Crippen molar-refractivity contribution in [1.29, 1.82) is 0 Å². The van der Waals surface area contributed by atoms with Gasteiger partial charge in [-0.15, -0.1) is 11.3 Å². The van der Waals surface area contributed by atoms with Crippen LogP contribution in [0.2, 0.25) is 0 Å². The van der Waals surface area contributed by atoms with Gasteiger partial charge in [0, 0.05) is 18.1 Å². The first-order chi connectivity index (χ1) is 13.8. The molecule has 2 aromatic heterocycles. The van der Waals surface area contributed by atoms with Gasteiger partial charge in [0.1, 0.15) is 5.75 Å². The van der Waals surface area contributed by atoms with Crippen LogP contribution in [0, 0.1) is 0 Å². The van der Waals surface area contributed by atoms with E-state index in [1.807, 2.05) is 41.8 Å². The predicted octanol–water partition coefficient (Wildman–Crippen LogP) is 0.273. The summed E-state index contributed by atoms with van der Waals surface area (Å²) in [5, 5.41) is 25.8. The zero-order chi connectivity index (χ0) is 21.0. The average Bonchev–Trinajstić information content (AvgIpc) is 3.18. The number of pyridine rings is 1. The molecule has 2 amide bonds. The number of rotatable bonds is 6. The maximum atomic E-state index is 12.4. The van der Waals surface area contributed by atoms with Gasteiger partial charge in [-0.1, -0.05) is 30.3 Å². The second-order valence-electron chi connectivity index (χ2n) is 6.34. The molecule has 152 valence electrons. The van der Waals surface area contributed by atoms with Crippen LogP contribution in [0.4, 0.5) is 10.5 Å². The molecule has 4 N–H and O–H groups in total. The van der Waals surface area contributed by atoms with Gasteiger partial charge in [0.05, 0.1) is 12.5 Å². The molecular weight excluding hydrogens is 417 g/mol. The number of nitrogens with one attached hydrogen (secondary N) is 2. The zero-order valence-electron chi connectivity index (χ0n) is 17.5. The number of urea groups is 1. The van der Waals surface area contributed by atoms with E-state index >= 15 is 0 Å². The van der Waals surface area contributed by atoms with E-state index in [2.05, 4.69) is 10.6 Å². The maximum Gasteiger partial charge on any atom is 1.00 e. The Kier molecular flexibility index (Phi) is 8.24. The number of carbonyl (C=O) groups excluding carboxylic acids is 1. The third-order valence-corrected chi connectivity index (χ3v) is 5.29. The number of hydrogen-bond donors (Lipinski definition) is 4. The zero-order valence-corrected chi connectivity index (χ0v) is 19.3. The molecule has 0 spiro atoms. The first-order valence-corrected chi connectivity index (χ1v) is 9.55. The smallest absolute Gasteiger partial charge is 1.00 e. The van der Waals surface area contributed by atoms with Crippen LogP contribution in [0.15, 0.2) is 58.8 Å². The van der Waals surface area contributed by atoms with Gasteiger partial charge in [-0.05, 0) is 28.6 Å². The molecule has 0 aliphatic heterocycles. The summed E-state index contributed by atoms with van der Waals surface area (Å²) in [6.45, 7) is 0. The summed E-state index contributed by atoms with van der Waals surface area (Å²) < 4.78 is 1.20. The Labute approximate surface area is 200 Å². The molecular formula is C20H20N3NaO5S. The van der Waals surface area contributed by atoms with Gasteiger partial charge in [0.15, 0.2) is 5.69 Å². The summed E-state index contributed by atoms with van der Waals surface area (Å²) in [4.78, 5) is 36.4. The minimum atomic E-state index is -1.08. The van der Waals surface area contributed by atoms with Crippen molar-refractivity contribution in [2.45, 2.75) is 12.5 Å². The quantitative estimate of drug-likeness (QED) is 0.413. The number of anilines is 1. The SMILES string of the molecule is Cn1ccc(O)c(NC(=O)N[C@@H](CC(=O)O)c2cc(-c3ccccc3)cs2)c1=O.[H-].[Na+]. The molecule has 3 aromatic rings. The predicted molar refractivity (Wildman–Crippen MR) is 111 cm³/mol. The standard InChI is InChI=1S/C20H19N3O5S.Na.H/c1-23-8-7-15(24)18(19(23)27)22-20(28)21-14(10-17(25)26)16-9-13(11-29-16)12-5-3-2-4-6-12;;/h2-9,11,14,24H,10H2,1H3,(H,25,26)(H2,21,22,28);;/q;+1;-1/t14-;;/m0../s1. The van der Waals surface area contributed by atoms with Crippen molar-refractivity contribution < 1.29 is 50.8 Å². The van der Waals surface area contributed by atoms with E-state index in [1.165, 1.54) is 35.2 Å². The number of amides is 2. The van der Waals surface area contributed by atoms with Gasteiger partial charge >= 0.3 is 41.6 Å². The van der Waals surface area contributed by atoms with Crippen LogP contribution in [-0.4, -0.2) is 26.8 Å². The molecule has 0 saturated heterocycles. The van der Waals surface area contributed by atoms with Gasteiger partial charge in [-0.2, -0.15) is 0 Å². The van der Waals surface area contributed by atoms with Crippen molar-refractivity contribution in [3.05, 3.63) is 69.3 Å². The molecule has 1 aromatic carbocycles.